The zero-order chi connectivity index (χ0) is 18.5. The molecular weight excluding hydrogens is 318 g/mol. The van der Waals surface area contributed by atoms with E-state index in [4.69, 9.17) is 9.98 Å². The van der Waals surface area contributed by atoms with Crippen molar-refractivity contribution in [1.82, 2.24) is 5.32 Å². The summed E-state index contributed by atoms with van der Waals surface area (Å²) < 4.78 is 0. The summed E-state index contributed by atoms with van der Waals surface area (Å²) in [5.74, 6) is 0. The fraction of sp³-hybridized carbons (Fsp3) is 0.217. The monoisotopic (exact) mass is 343 g/mol. The van der Waals surface area contributed by atoms with Crippen LogP contribution in [0.5, 0.6) is 0 Å². The summed E-state index contributed by atoms with van der Waals surface area (Å²) in [5, 5.41) is 3.55. The van der Waals surface area contributed by atoms with Crippen LogP contribution in [0.1, 0.15) is 25.0 Å². The molecule has 3 heteroatoms. The molecule has 0 amide bonds. The molecule has 0 aromatic heterocycles. The zero-order valence-electron chi connectivity index (χ0n) is 15.8. The number of nitrogens with zero attached hydrogens (tertiary/aromatic N) is 2. The highest BCUT2D eigenvalue weighted by atomic mass is 15.0. The van der Waals surface area contributed by atoms with Gasteiger partial charge < -0.3 is 5.32 Å². The first-order valence-corrected chi connectivity index (χ1v) is 8.92. The van der Waals surface area contributed by atoms with Gasteiger partial charge in [0.05, 0.1) is 28.8 Å². The van der Waals surface area contributed by atoms with Crippen molar-refractivity contribution in [2.75, 3.05) is 0 Å². The maximum absolute atomic E-state index is 4.81. The Balaban J connectivity index is 1.79. The molecule has 0 fully saturated rings. The Morgan fingerprint density at radius 3 is 2.04 bits per heavy atom. The minimum Gasteiger partial charge on any atom is -0.372 e. The van der Waals surface area contributed by atoms with Crippen LogP contribution in [0.3, 0.4) is 0 Å². The van der Waals surface area contributed by atoms with E-state index in [0.717, 1.165) is 28.5 Å². The number of allylic oxidation sites excluding steroid dienone is 3. The van der Waals surface area contributed by atoms with Gasteiger partial charge >= 0.3 is 0 Å². The summed E-state index contributed by atoms with van der Waals surface area (Å²) in [7, 11) is 0. The smallest absolute Gasteiger partial charge is 0.0831 e. The third kappa shape index (κ3) is 4.17. The van der Waals surface area contributed by atoms with E-state index in [-0.39, 0.29) is 6.04 Å². The van der Waals surface area contributed by atoms with Crippen LogP contribution in [0.25, 0.3) is 0 Å². The molecule has 1 aliphatic heterocycles. The molecule has 1 heterocycles. The van der Waals surface area contributed by atoms with E-state index in [1.165, 1.54) is 11.1 Å². The van der Waals surface area contributed by atoms with Crippen molar-refractivity contribution in [1.29, 1.82) is 0 Å². The molecule has 1 N–H and O–H groups in total. The number of rotatable bonds is 4. The summed E-state index contributed by atoms with van der Waals surface area (Å²) in [6.07, 6.45) is 6.26. The van der Waals surface area contributed by atoms with Crippen LogP contribution in [-0.2, 0) is 0 Å². The third-order valence-corrected chi connectivity index (χ3v) is 4.53. The van der Waals surface area contributed by atoms with Gasteiger partial charge in [-0.25, -0.2) is 0 Å². The van der Waals surface area contributed by atoms with E-state index in [9.17, 15) is 0 Å². The largest absolute Gasteiger partial charge is 0.372 e. The lowest BCUT2D eigenvalue weighted by molar-refractivity contribution is 0.832. The maximum Gasteiger partial charge on any atom is 0.0831 e. The molecule has 0 bridgehead atoms. The van der Waals surface area contributed by atoms with Crippen LogP contribution in [0.4, 0.5) is 11.4 Å². The van der Waals surface area contributed by atoms with Gasteiger partial charge in [0.2, 0.25) is 0 Å². The van der Waals surface area contributed by atoms with Crippen molar-refractivity contribution in [2.24, 2.45) is 9.98 Å². The Labute approximate surface area is 155 Å². The number of benzene rings is 2. The van der Waals surface area contributed by atoms with E-state index in [2.05, 4.69) is 56.4 Å². The minimum absolute atomic E-state index is 0.0663. The van der Waals surface area contributed by atoms with Gasteiger partial charge in [-0.3, -0.25) is 9.98 Å². The molecule has 0 radical (unpaired) electrons. The zero-order valence-corrected chi connectivity index (χ0v) is 15.8. The summed E-state index contributed by atoms with van der Waals surface area (Å²) in [6, 6.07) is 16.4. The summed E-state index contributed by atoms with van der Waals surface area (Å²) in [6.45, 7) is 8.26. The van der Waals surface area contributed by atoms with Gasteiger partial charge in [-0.15, -0.1) is 0 Å². The van der Waals surface area contributed by atoms with E-state index in [0.29, 0.717) is 0 Å². The van der Waals surface area contributed by atoms with Crippen LogP contribution in [0.15, 0.2) is 82.4 Å². The van der Waals surface area contributed by atoms with Crippen molar-refractivity contribution >= 4 is 22.8 Å². The van der Waals surface area contributed by atoms with E-state index in [1.807, 2.05) is 43.3 Å². The van der Waals surface area contributed by atoms with E-state index >= 15 is 0 Å². The number of nitrogens with one attached hydrogen (secondary N) is 1. The Morgan fingerprint density at radius 2 is 1.42 bits per heavy atom. The maximum atomic E-state index is 4.81. The molecule has 1 aliphatic rings. The van der Waals surface area contributed by atoms with Gasteiger partial charge in [0, 0.05) is 5.71 Å². The Bertz CT molecular complexity index is 917. The number of aliphatic imine (C=N–C) groups is 2. The van der Waals surface area contributed by atoms with Gasteiger partial charge in [-0.05, 0) is 57.0 Å². The molecule has 0 spiro atoms. The van der Waals surface area contributed by atoms with Crippen molar-refractivity contribution in [3.63, 3.8) is 0 Å². The highest BCUT2D eigenvalue weighted by Crippen LogP contribution is 2.20. The SMILES string of the molecule is CC(=Nc1ccccc1C)C1=CC=CC(C(C)=Nc2ccccc2C)N1. The molecule has 0 saturated heterocycles. The summed E-state index contributed by atoms with van der Waals surface area (Å²) in [5.41, 5.74) is 7.40. The Kier molecular flexibility index (Phi) is 5.47. The van der Waals surface area contributed by atoms with Crippen molar-refractivity contribution in [3.8, 4) is 0 Å². The van der Waals surface area contributed by atoms with Gasteiger partial charge in [0.1, 0.15) is 0 Å². The number of dihydropyridines is 1. The molecular formula is C23H25N3. The second-order valence-corrected chi connectivity index (χ2v) is 6.61. The molecule has 3 rings (SSSR count). The predicted molar refractivity (Wildman–Crippen MR) is 112 cm³/mol. The number of hydrogen-bond acceptors (Lipinski definition) is 3. The van der Waals surface area contributed by atoms with E-state index < -0.39 is 0 Å². The van der Waals surface area contributed by atoms with Crippen molar-refractivity contribution < 1.29 is 0 Å². The summed E-state index contributed by atoms with van der Waals surface area (Å²) in [4.78, 5) is 9.60. The van der Waals surface area contributed by atoms with Gasteiger partial charge in [0.15, 0.2) is 0 Å². The second-order valence-electron chi connectivity index (χ2n) is 6.61. The lowest BCUT2D eigenvalue weighted by Crippen LogP contribution is -2.36. The van der Waals surface area contributed by atoms with Crippen LogP contribution in [0.2, 0.25) is 0 Å². The molecule has 0 saturated carbocycles. The Hall–Kier alpha value is -2.94. The third-order valence-electron chi connectivity index (χ3n) is 4.53. The normalized spacial score (nSPS) is 17.7. The van der Waals surface area contributed by atoms with Crippen molar-refractivity contribution in [2.45, 2.75) is 33.7 Å². The lowest BCUT2D eigenvalue weighted by Gasteiger charge is -2.22. The molecule has 1 atom stereocenters. The first-order valence-electron chi connectivity index (χ1n) is 8.92. The van der Waals surface area contributed by atoms with Crippen LogP contribution in [0, 0.1) is 13.8 Å². The number of hydrogen-bond donors (Lipinski definition) is 1. The molecule has 132 valence electrons. The van der Waals surface area contributed by atoms with Crippen LogP contribution in [-0.4, -0.2) is 17.5 Å². The fourth-order valence-corrected chi connectivity index (χ4v) is 2.87. The van der Waals surface area contributed by atoms with Gasteiger partial charge in [-0.1, -0.05) is 48.6 Å². The molecule has 2 aromatic rings. The first kappa shape index (κ1) is 17.9. The Morgan fingerprint density at radius 1 is 0.846 bits per heavy atom. The molecule has 2 aromatic carbocycles. The average molecular weight is 343 g/mol. The first-order chi connectivity index (χ1) is 12.5. The van der Waals surface area contributed by atoms with Gasteiger partial charge in [-0.2, -0.15) is 0 Å². The number of para-hydroxylation sites is 2. The second kappa shape index (κ2) is 7.96. The molecule has 26 heavy (non-hydrogen) atoms. The van der Waals surface area contributed by atoms with Crippen molar-refractivity contribution in [3.05, 3.63) is 83.6 Å². The highest BCUT2D eigenvalue weighted by Gasteiger charge is 2.15. The molecule has 1 unspecified atom stereocenters. The van der Waals surface area contributed by atoms with Crippen LogP contribution >= 0.6 is 0 Å². The molecule has 0 aliphatic carbocycles. The number of aryl methyl sites for hydroxylation is 2. The minimum atomic E-state index is 0.0663. The van der Waals surface area contributed by atoms with Gasteiger partial charge in [0.25, 0.3) is 0 Å². The van der Waals surface area contributed by atoms with E-state index in [1.54, 1.807) is 0 Å². The standard InChI is InChI=1S/C23H25N3/c1-16-10-5-7-12-20(16)24-18(3)22-14-9-15-23(26-22)19(4)25-21-13-8-6-11-17(21)2/h5-15,22,26H,1-4H3. The quantitative estimate of drug-likeness (QED) is 0.721. The molecule has 3 nitrogen and oxygen atoms in total. The fourth-order valence-electron chi connectivity index (χ4n) is 2.87. The predicted octanol–water partition coefficient (Wildman–Crippen LogP) is 5.60. The topological polar surface area (TPSA) is 36.8 Å². The summed E-state index contributed by atoms with van der Waals surface area (Å²) >= 11 is 0. The van der Waals surface area contributed by atoms with Crippen LogP contribution < -0.4 is 5.32 Å². The highest BCUT2D eigenvalue weighted by molar-refractivity contribution is 6.01. The average Bonchev–Trinajstić information content (AvgIpc) is 2.65. The lowest BCUT2D eigenvalue weighted by atomic mass is 10.1.